The second kappa shape index (κ2) is 7.99. The number of likely N-dealkylation sites (tertiary alicyclic amines) is 1. The van der Waals surface area contributed by atoms with Crippen LogP contribution < -0.4 is 10.3 Å². The molecule has 34 heavy (non-hydrogen) atoms. The molecule has 0 saturated carbocycles. The number of aromatic nitrogens is 1. The Hall–Kier alpha value is -3.64. The van der Waals surface area contributed by atoms with Crippen LogP contribution in [-0.2, 0) is 13.1 Å². The molecule has 0 unspecified atom stereocenters. The van der Waals surface area contributed by atoms with E-state index in [1.54, 1.807) is 24.3 Å². The van der Waals surface area contributed by atoms with E-state index in [1.165, 1.54) is 0 Å². The average Bonchev–Trinajstić information content (AvgIpc) is 3.13. The van der Waals surface area contributed by atoms with E-state index in [-0.39, 0.29) is 28.8 Å². The van der Waals surface area contributed by atoms with Crippen molar-refractivity contribution in [3.63, 3.8) is 0 Å². The molecule has 0 amide bonds. The number of Topliss-reactive ketones (excluding diaryl/α,β-unsaturated/α-hetero) is 1. The predicted molar refractivity (Wildman–Crippen MR) is 129 cm³/mol. The Labute approximate surface area is 197 Å². The lowest BCUT2D eigenvalue weighted by atomic mass is 9.83. The van der Waals surface area contributed by atoms with Crippen molar-refractivity contribution in [1.29, 1.82) is 0 Å². The first kappa shape index (κ1) is 20.9. The first-order valence-electron chi connectivity index (χ1n) is 11.7. The van der Waals surface area contributed by atoms with E-state index in [0.717, 1.165) is 42.9 Å². The number of piperidine rings is 1. The number of ketones is 1. The summed E-state index contributed by atoms with van der Waals surface area (Å²) in [7, 11) is 0. The van der Waals surface area contributed by atoms with Crippen LogP contribution in [0.25, 0.3) is 6.08 Å². The van der Waals surface area contributed by atoms with Crippen LogP contribution in [0, 0.1) is 12.8 Å². The second-order valence-corrected chi connectivity index (χ2v) is 9.68. The molecule has 0 radical (unpaired) electrons. The van der Waals surface area contributed by atoms with Crippen LogP contribution in [0.3, 0.4) is 0 Å². The summed E-state index contributed by atoms with van der Waals surface area (Å²) in [4.78, 5) is 27.7. The number of hydrogen-bond acceptors (Lipinski definition) is 5. The van der Waals surface area contributed by atoms with Gasteiger partial charge in [-0.3, -0.25) is 14.5 Å². The van der Waals surface area contributed by atoms with E-state index in [1.807, 2.05) is 47.9 Å². The average molecular weight is 455 g/mol. The summed E-state index contributed by atoms with van der Waals surface area (Å²) in [6.07, 6.45) is 2.82. The summed E-state index contributed by atoms with van der Waals surface area (Å²) in [5.41, 5.74) is 4.33. The zero-order valence-electron chi connectivity index (χ0n) is 19.0. The molecule has 1 fully saturated rings. The van der Waals surface area contributed by atoms with Gasteiger partial charge in [0.15, 0.2) is 5.76 Å². The fraction of sp³-hybridized carbons (Fsp3) is 0.286. The minimum Gasteiger partial charge on any atom is -0.507 e. The number of allylic oxidation sites excluding steroid dienone is 1. The molecule has 6 nitrogen and oxygen atoms in total. The molecule has 2 aromatic carbocycles. The van der Waals surface area contributed by atoms with Crippen molar-refractivity contribution in [2.75, 3.05) is 13.1 Å². The van der Waals surface area contributed by atoms with E-state index in [0.29, 0.717) is 29.3 Å². The lowest BCUT2D eigenvalue weighted by molar-refractivity contribution is 0.101. The maximum Gasteiger partial charge on any atom is 0.250 e. The van der Waals surface area contributed by atoms with Crippen molar-refractivity contribution >= 4 is 11.9 Å². The van der Waals surface area contributed by atoms with Crippen molar-refractivity contribution < 1.29 is 14.6 Å². The lowest BCUT2D eigenvalue weighted by Crippen LogP contribution is -2.46. The molecule has 1 N–H and O–H groups in total. The molecule has 3 aliphatic rings. The Morgan fingerprint density at radius 2 is 1.85 bits per heavy atom. The highest BCUT2D eigenvalue weighted by molar-refractivity contribution is 6.15. The number of aryl methyl sites for hydroxylation is 1. The lowest BCUT2D eigenvalue weighted by Gasteiger charge is -2.42. The maximum atomic E-state index is 13.0. The summed E-state index contributed by atoms with van der Waals surface area (Å²) in [5, 5.41) is 10.7. The molecule has 4 heterocycles. The van der Waals surface area contributed by atoms with Gasteiger partial charge >= 0.3 is 0 Å². The Bertz CT molecular complexity index is 1390. The van der Waals surface area contributed by atoms with Crippen molar-refractivity contribution in [3.05, 3.63) is 98.7 Å². The molecule has 2 bridgehead atoms. The SMILES string of the molecule is Cc1ccc(/C=C2\Oc3c(ccc(O)c3CN3C[C@H]4C[C@@H](C3)c3cccc(=O)n3C4)C2=O)cc1. The fourth-order valence-electron chi connectivity index (χ4n) is 5.61. The van der Waals surface area contributed by atoms with Gasteiger partial charge in [0, 0.05) is 43.9 Å². The molecule has 0 aliphatic carbocycles. The number of phenolic OH excluding ortho intramolecular Hbond substituents is 1. The summed E-state index contributed by atoms with van der Waals surface area (Å²) in [5.74, 6) is 1.35. The van der Waals surface area contributed by atoms with Gasteiger partial charge in [-0.05, 0) is 49.1 Å². The largest absolute Gasteiger partial charge is 0.507 e. The number of carbonyl (C=O) groups excluding carboxylic acids is 1. The number of hydrogen-bond donors (Lipinski definition) is 1. The zero-order valence-corrected chi connectivity index (χ0v) is 19.0. The zero-order chi connectivity index (χ0) is 23.4. The number of benzene rings is 2. The summed E-state index contributed by atoms with van der Waals surface area (Å²) in [6, 6.07) is 16.6. The van der Waals surface area contributed by atoms with Gasteiger partial charge in [-0.15, -0.1) is 0 Å². The Morgan fingerprint density at radius 1 is 1.03 bits per heavy atom. The summed E-state index contributed by atoms with van der Waals surface area (Å²) < 4.78 is 7.97. The predicted octanol–water partition coefficient (Wildman–Crippen LogP) is 4.10. The van der Waals surface area contributed by atoms with Gasteiger partial charge in [-0.2, -0.15) is 0 Å². The van der Waals surface area contributed by atoms with E-state index >= 15 is 0 Å². The van der Waals surface area contributed by atoms with Gasteiger partial charge in [0.05, 0.1) is 11.1 Å². The van der Waals surface area contributed by atoms with Crippen LogP contribution in [-0.4, -0.2) is 33.4 Å². The molecule has 3 aromatic rings. The molecular weight excluding hydrogens is 428 g/mol. The quantitative estimate of drug-likeness (QED) is 0.604. The topological polar surface area (TPSA) is 71.8 Å². The minimum atomic E-state index is -0.166. The van der Waals surface area contributed by atoms with Crippen LogP contribution in [0.1, 0.15) is 45.1 Å². The Kier molecular flexibility index (Phi) is 4.92. The molecular formula is C28H26N2O4. The maximum absolute atomic E-state index is 13.0. The first-order valence-corrected chi connectivity index (χ1v) is 11.7. The third-order valence-electron chi connectivity index (χ3n) is 7.23. The number of pyridine rings is 1. The number of nitrogens with zero attached hydrogens (tertiary/aromatic N) is 2. The van der Waals surface area contributed by atoms with Crippen LogP contribution >= 0.6 is 0 Å². The number of ether oxygens (including phenoxy) is 1. The third kappa shape index (κ3) is 3.55. The summed E-state index contributed by atoms with van der Waals surface area (Å²) >= 11 is 0. The van der Waals surface area contributed by atoms with Crippen LogP contribution in [0.5, 0.6) is 11.5 Å². The van der Waals surface area contributed by atoms with E-state index in [9.17, 15) is 14.7 Å². The molecule has 172 valence electrons. The summed E-state index contributed by atoms with van der Waals surface area (Å²) in [6.45, 7) is 4.86. The van der Waals surface area contributed by atoms with Crippen molar-refractivity contribution in [2.45, 2.75) is 32.4 Å². The molecule has 2 atom stereocenters. The molecule has 3 aliphatic heterocycles. The fourth-order valence-corrected chi connectivity index (χ4v) is 5.61. The van der Waals surface area contributed by atoms with Gasteiger partial charge in [0.2, 0.25) is 5.78 Å². The second-order valence-electron chi connectivity index (χ2n) is 9.68. The number of aromatic hydroxyl groups is 1. The minimum absolute atomic E-state index is 0.0685. The highest BCUT2D eigenvalue weighted by atomic mass is 16.5. The Morgan fingerprint density at radius 3 is 2.68 bits per heavy atom. The van der Waals surface area contributed by atoms with E-state index in [4.69, 9.17) is 4.74 Å². The normalized spacial score (nSPS) is 22.4. The first-order chi connectivity index (χ1) is 16.5. The Balaban J connectivity index is 1.28. The van der Waals surface area contributed by atoms with Crippen LogP contribution in [0.15, 0.2) is 65.2 Å². The van der Waals surface area contributed by atoms with E-state index in [2.05, 4.69) is 4.90 Å². The van der Waals surface area contributed by atoms with Gasteiger partial charge < -0.3 is 14.4 Å². The number of phenols is 1. The van der Waals surface area contributed by atoms with Gasteiger partial charge in [0.25, 0.3) is 5.56 Å². The number of rotatable bonds is 3. The van der Waals surface area contributed by atoms with E-state index < -0.39 is 0 Å². The standard InChI is InChI=1S/C28H26N2O4/c1-17-5-7-18(8-6-17)12-25-27(33)21-9-10-24(31)22(28(21)34-25)16-29-13-19-11-20(15-29)23-3-2-4-26(32)30(23)14-19/h2-10,12,19-20,31H,11,13-16H2,1H3/b25-12-/t19-,20+/m1/s1. The van der Waals surface area contributed by atoms with Crippen molar-refractivity contribution in [3.8, 4) is 11.5 Å². The molecule has 6 rings (SSSR count). The van der Waals surface area contributed by atoms with Gasteiger partial charge in [0.1, 0.15) is 11.5 Å². The van der Waals surface area contributed by atoms with Crippen molar-refractivity contribution in [2.24, 2.45) is 5.92 Å². The number of fused-ring (bicyclic) bond motifs is 5. The molecule has 1 aromatic heterocycles. The molecule has 6 heteroatoms. The molecule has 1 saturated heterocycles. The smallest absolute Gasteiger partial charge is 0.250 e. The molecule has 0 spiro atoms. The third-order valence-corrected chi connectivity index (χ3v) is 7.23. The van der Waals surface area contributed by atoms with Crippen molar-refractivity contribution in [1.82, 2.24) is 9.47 Å². The van der Waals surface area contributed by atoms with Gasteiger partial charge in [-0.1, -0.05) is 35.9 Å². The van der Waals surface area contributed by atoms with Crippen LogP contribution in [0.4, 0.5) is 0 Å². The van der Waals surface area contributed by atoms with Gasteiger partial charge in [-0.25, -0.2) is 0 Å². The number of carbonyl (C=O) groups is 1. The monoisotopic (exact) mass is 454 g/mol. The highest BCUT2D eigenvalue weighted by Gasteiger charge is 2.36. The highest BCUT2D eigenvalue weighted by Crippen LogP contribution is 2.42. The van der Waals surface area contributed by atoms with Crippen LogP contribution in [0.2, 0.25) is 0 Å².